The van der Waals surface area contributed by atoms with Gasteiger partial charge in [0.05, 0.1) is 0 Å². The molecule has 1 fully saturated rings. The van der Waals surface area contributed by atoms with Crippen molar-refractivity contribution in [2.75, 3.05) is 13.1 Å². The number of nitrogens with one attached hydrogen (secondary N) is 1. The number of rotatable bonds is 4. The number of primary sulfonamides is 1. The molecule has 2 heterocycles. The van der Waals surface area contributed by atoms with Crippen LogP contribution in [0.1, 0.15) is 12.0 Å². The van der Waals surface area contributed by atoms with Crippen LogP contribution >= 0.6 is 0 Å². The van der Waals surface area contributed by atoms with E-state index in [1.807, 2.05) is 30.5 Å². The molecule has 1 aliphatic rings. The molecular formula is C14H17N3O3S. The van der Waals surface area contributed by atoms with E-state index in [1.165, 1.54) is 0 Å². The summed E-state index contributed by atoms with van der Waals surface area (Å²) in [7, 11) is -3.64. The fourth-order valence-corrected chi connectivity index (χ4v) is 3.53. The van der Waals surface area contributed by atoms with Crippen LogP contribution in [0.2, 0.25) is 0 Å². The number of para-hydroxylation sites is 1. The Morgan fingerprint density at radius 3 is 2.81 bits per heavy atom. The van der Waals surface area contributed by atoms with Crippen molar-refractivity contribution >= 4 is 26.8 Å². The maximum Gasteiger partial charge on any atom is 0.224 e. The number of nitrogens with zero attached hydrogens (tertiary/aromatic N) is 1. The summed E-state index contributed by atoms with van der Waals surface area (Å²) in [6.07, 6.45) is 2.61. The van der Waals surface area contributed by atoms with Gasteiger partial charge in [-0.2, -0.15) is 0 Å². The Bertz CT molecular complexity index is 782. The van der Waals surface area contributed by atoms with E-state index < -0.39 is 15.3 Å². The van der Waals surface area contributed by atoms with E-state index in [4.69, 9.17) is 5.14 Å². The van der Waals surface area contributed by atoms with Crippen molar-refractivity contribution in [2.24, 2.45) is 5.14 Å². The van der Waals surface area contributed by atoms with Crippen LogP contribution in [0.4, 0.5) is 0 Å². The van der Waals surface area contributed by atoms with E-state index in [9.17, 15) is 13.2 Å². The van der Waals surface area contributed by atoms with Crippen LogP contribution < -0.4 is 5.14 Å². The Morgan fingerprint density at radius 1 is 1.33 bits per heavy atom. The lowest BCUT2D eigenvalue weighted by molar-refractivity contribution is -0.127. The maximum absolute atomic E-state index is 11.9. The smallest absolute Gasteiger partial charge is 0.224 e. The van der Waals surface area contributed by atoms with Gasteiger partial charge in [0.2, 0.25) is 15.9 Å². The number of H-pyrrole nitrogens is 1. The summed E-state index contributed by atoms with van der Waals surface area (Å²) in [6, 6.07) is 7.96. The summed E-state index contributed by atoms with van der Waals surface area (Å²) in [5.74, 6) is -0.145. The van der Waals surface area contributed by atoms with Crippen LogP contribution in [-0.2, 0) is 21.2 Å². The fourth-order valence-electron chi connectivity index (χ4n) is 2.77. The number of benzene rings is 1. The summed E-state index contributed by atoms with van der Waals surface area (Å²) in [5.41, 5.74) is 2.18. The predicted octanol–water partition coefficient (Wildman–Crippen LogP) is 0.600. The van der Waals surface area contributed by atoms with Crippen molar-refractivity contribution in [3.8, 4) is 0 Å². The quantitative estimate of drug-likeness (QED) is 0.865. The van der Waals surface area contributed by atoms with Gasteiger partial charge in [-0.05, 0) is 18.1 Å². The molecule has 1 aliphatic heterocycles. The molecule has 1 amide bonds. The lowest BCUT2D eigenvalue weighted by Crippen LogP contribution is -2.33. The summed E-state index contributed by atoms with van der Waals surface area (Å²) in [5, 5.41) is 5.48. The molecule has 1 saturated heterocycles. The Balaban J connectivity index is 1.70. The number of amides is 1. The van der Waals surface area contributed by atoms with Crippen molar-refractivity contribution in [1.82, 2.24) is 9.88 Å². The van der Waals surface area contributed by atoms with Gasteiger partial charge in [-0.15, -0.1) is 0 Å². The zero-order valence-corrected chi connectivity index (χ0v) is 12.3. The molecule has 21 heavy (non-hydrogen) atoms. The largest absolute Gasteiger partial charge is 0.361 e. The number of carbonyl (C=O) groups is 1. The predicted molar refractivity (Wildman–Crippen MR) is 80.1 cm³/mol. The highest BCUT2D eigenvalue weighted by Gasteiger charge is 2.36. The van der Waals surface area contributed by atoms with E-state index in [0.29, 0.717) is 13.0 Å². The first-order valence-electron chi connectivity index (χ1n) is 6.79. The van der Waals surface area contributed by atoms with Crippen molar-refractivity contribution in [1.29, 1.82) is 0 Å². The number of fused-ring (bicyclic) bond motifs is 1. The highest BCUT2D eigenvalue weighted by atomic mass is 32.2. The van der Waals surface area contributed by atoms with Crippen LogP contribution in [0.15, 0.2) is 30.5 Å². The zero-order valence-electron chi connectivity index (χ0n) is 11.5. The van der Waals surface area contributed by atoms with Gasteiger partial charge < -0.3 is 9.88 Å². The van der Waals surface area contributed by atoms with E-state index >= 15 is 0 Å². The Morgan fingerprint density at radius 2 is 2.10 bits per heavy atom. The topological polar surface area (TPSA) is 96.3 Å². The lowest BCUT2D eigenvalue weighted by atomic mass is 10.1. The first-order valence-corrected chi connectivity index (χ1v) is 8.40. The average molecular weight is 307 g/mol. The van der Waals surface area contributed by atoms with E-state index in [0.717, 1.165) is 16.5 Å². The van der Waals surface area contributed by atoms with E-state index in [-0.39, 0.29) is 18.9 Å². The minimum Gasteiger partial charge on any atom is -0.361 e. The van der Waals surface area contributed by atoms with E-state index in [2.05, 4.69) is 4.98 Å². The second kappa shape index (κ2) is 5.16. The van der Waals surface area contributed by atoms with Gasteiger partial charge >= 0.3 is 0 Å². The third kappa shape index (κ3) is 2.79. The highest BCUT2D eigenvalue weighted by Crippen LogP contribution is 2.20. The molecule has 2 aromatic rings. The number of sulfonamides is 1. The zero-order chi connectivity index (χ0) is 15.0. The molecule has 112 valence electrons. The number of nitrogens with two attached hydrogens (primary N) is 1. The molecule has 0 aliphatic carbocycles. The standard InChI is InChI=1S/C14H17N3O3S/c15-21(19,20)11-7-14(18)17(9-11)6-5-10-8-16-13-4-2-1-3-12(10)13/h1-4,8,11,16H,5-7,9H2,(H2,15,19,20). The summed E-state index contributed by atoms with van der Waals surface area (Å²) < 4.78 is 22.7. The molecule has 6 nitrogen and oxygen atoms in total. The van der Waals surface area contributed by atoms with Gasteiger partial charge in [0.25, 0.3) is 0 Å². The molecule has 3 rings (SSSR count). The number of likely N-dealkylation sites (tertiary alicyclic amines) is 1. The second-order valence-electron chi connectivity index (χ2n) is 5.36. The summed E-state index contributed by atoms with van der Waals surface area (Å²) in [6.45, 7) is 0.701. The third-order valence-corrected chi connectivity index (χ3v) is 5.21. The van der Waals surface area contributed by atoms with Gasteiger partial charge in [-0.25, -0.2) is 13.6 Å². The monoisotopic (exact) mass is 307 g/mol. The highest BCUT2D eigenvalue weighted by molar-refractivity contribution is 7.89. The first-order chi connectivity index (χ1) is 9.95. The summed E-state index contributed by atoms with van der Waals surface area (Å²) in [4.78, 5) is 16.6. The van der Waals surface area contributed by atoms with Crippen LogP contribution in [-0.4, -0.2) is 42.5 Å². The van der Waals surface area contributed by atoms with Crippen molar-refractivity contribution < 1.29 is 13.2 Å². The first kappa shape index (κ1) is 14.1. The molecule has 1 aromatic carbocycles. The number of aromatic nitrogens is 1. The van der Waals surface area contributed by atoms with Crippen molar-refractivity contribution in [3.63, 3.8) is 0 Å². The molecule has 7 heteroatoms. The van der Waals surface area contributed by atoms with Crippen LogP contribution in [0.3, 0.4) is 0 Å². The fraction of sp³-hybridized carbons (Fsp3) is 0.357. The number of carbonyl (C=O) groups excluding carboxylic acids is 1. The number of aromatic amines is 1. The minimum absolute atomic E-state index is 0.00722. The number of hydrogen-bond acceptors (Lipinski definition) is 3. The second-order valence-corrected chi connectivity index (χ2v) is 7.21. The number of hydrogen-bond donors (Lipinski definition) is 2. The normalized spacial score (nSPS) is 19.6. The Labute approximate surface area is 123 Å². The Kier molecular flexibility index (Phi) is 3.46. The van der Waals surface area contributed by atoms with Crippen molar-refractivity contribution in [3.05, 3.63) is 36.0 Å². The summed E-state index contributed by atoms with van der Waals surface area (Å²) >= 11 is 0. The van der Waals surface area contributed by atoms with Crippen LogP contribution in [0, 0.1) is 0 Å². The molecule has 1 unspecified atom stereocenters. The molecule has 3 N–H and O–H groups in total. The molecule has 0 saturated carbocycles. The Hall–Kier alpha value is -1.86. The lowest BCUT2D eigenvalue weighted by Gasteiger charge is -2.15. The molecule has 0 spiro atoms. The van der Waals surface area contributed by atoms with Gasteiger partial charge in [-0.1, -0.05) is 18.2 Å². The van der Waals surface area contributed by atoms with Crippen LogP contribution in [0.25, 0.3) is 10.9 Å². The third-order valence-electron chi connectivity index (χ3n) is 3.97. The SMILES string of the molecule is NS(=O)(=O)C1CC(=O)N(CCc2c[nH]c3ccccc23)C1. The van der Waals surface area contributed by atoms with Crippen LogP contribution in [0.5, 0.6) is 0 Å². The van der Waals surface area contributed by atoms with E-state index in [1.54, 1.807) is 4.90 Å². The van der Waals surface area contributed by atoms with Gasteiger partial charge in [0.1, 0.15) is 5.25 Å². The molecule has 0 radical (unpaired) electrons. The maximum atomic E-state index is 11.9. The molecule has 1 aromatic heterocycles. The van der Waals surface area contributed by atoms with Gasteiger partial charge in [0, 0.05) is 36.6 Å². The van der Waals surface area contributed by atoms with Gasteiger partial charge in [0.15, 0.2) is 0 Å². The van der Waals surface area contributed by atoms with Crippen molar-refractivity contribution in [2.45, 2.75) is 18.1 Å². The molecule has 0 bridgehead atoms. The molecular weight excluding hydrogens is 290 g/mol. The van der Waals surface area contributed by atoms with Gasteiger partial charge in [-0.3, -0.25) is 4.79 Å². The minimum atomic E-state index is -3.64. The molecule has 1 atom stereocenters. The average Bonchev–Trinajstić information content (AvgIpc) is 3.00.